The topological polar surface area (TPSA) is 26.7 Å². The second-order valence-corrected chi connectivity index (χ2v) is 5.65. The molecule has 0 aliphatic carbocycles. The monoisotopic (exact) mass is 272 g/mol. The van der Waals surface area contributed by atoms with E-state index in [0.29, 0.717) is 6.54 Å². The van der Waals surface area contributed by atoms with Crippen molar-refractivity contribution in [2.45, 2.75) is 6.10 Å². The third kappa shape index (κ3) is 3.79. The maximum absolute atomic E-state index is 10.5. The number of aliphatic hydroxyl groups excluding tert-OH is 1. The van der Waals surface area contributed by atoms with E-state index in [0.717, 1.165) is 24.0 Å². The first kappa shape index (κ1) is 15.0. The van der Waals surface area contributed by atoms with Gasteiger partial charge in [-0.2, -0.15) is 0 Å². The first-order valence-corrected chi connectivity index (χ1v) is 7.07. The highest BCUT2D eigenvalue weighted by atomic mass is 16.3. The molecule has 2 rings (SSSR count). The highest BCUT2D eigenvalue weighted by Crippen LogP contribution is 2.24. The van der Waals surface area contributed by atoms with Crippen LogP contribution in [-0.4, -0.2) is 55.7 Å². The van der Waals surface area contributed by atoms with Crippen LogP contribution in [0.25, 0.3) is 10.8 Å². The molecule has 108 valence electrons. The number of hydrogen-bond donors (Lipinski definition) is 1. The Kier molecular flexibility index (Phi) is 5.12. The molecule has 0 saturated heterocycles. The van der Waals surface area contributed by atoms with E-state index in [9.17, 15) is 5.11 Å². The molecule has 0 saturated carbocycles. The number of hydrogen-bond acceptors (Lipinski definition) is 3. The normalized spacial score (nSPS) is 13.3. The van der Waals surface area contributed by atoms with Crippen LogP contribution in [0.3, 0.4) is 0 Å². The molecule has 0 spiro atoms. The number of fused-ring (bicyclic) bond motifs is 1. The lowest BCUT2D eigenvalue weighted by Gasteiger charge is -2.23. The quantitative estimate of drug-likeness (QED) is 0.874. The van der Waals surface area contributed by atoms with Crippen molar-refractivity contribution in [2.75, 3.05) is 40.8 Å². The van der Waals surface area contributed by atoms with Gasteiger partial charge >= 0.3 is 0 Å². The largest absolute Gasteiger partial charge is 0.387 e. The minimum atomic E-state index is -0.451. The summed E-state index contributed by atoms with van der Waals surface area (Å²) in [7, 11) is 6.18. The van der Waals surface area contributed by atoms with Crippen molar-refractivity contribution in [2.24, 2.45) is 0 Å². The zero-order valence-electron chi connectivity index (χ0n) is 12.6. The van der Waals surface area contributed by atoms with E-state index in [1.165, 1.54) is 5.39 Å². The molecular weight excluding hydrogens is 248 g/mol. The summed E-state index contributed by atoms with van der Waals surface area (Å²) in [6.45, 7) is 2.61. The van der Waals surface area contributed by atoms with Crippen molar-refractivity contribution in [3.8, 4) is 0 Å². The minimum absolute atomic E-state index is 0.451. The fourth-order valence-corrected chi connectivity index (χ4v) is 2.40. The molecule has 1 unspecified atom stereocenters. The Bertz CT molecular complexity index is 548. The second kappa shape index (κ2) is 6.84. The van der Waals surface area contributed by atoms with Gasteiger partial charge in [0, 0.05) is 19.6 Å². The molecular formula is C17H24N2O. The first-order chi connectivity index (χ1) is 9.58. The van der Waals surface area contributed by atoms with Gasteiger partial charge in [-0.25, -0.2) is 0 Å². The molecule has 1 atom stereocenters. The minimum Gasteiger partial charge on any atom is -0.387 e. The standard InChI is InChI=1S/C17H24N2O/c1-18(2)11-12-19(3)13-17(20)16-10-6-8-14-7-4-5-9-15(14)16/h4-10,17,20H,11-13H2,1-3H3. The Balaban J connectivity index is 2.09. The Hall–Kier alpha value is -1.42. The summed E-state index contributed by atoms with van der Waals surface area (Å²) in [5, 5.41) is 12.8. The second-order valence-electron chi connectivity index (χ2n) is 5.65. The zero-order valence-corrected chi connectivity index (χ0v) is 12.6. The maximum atomic E-state index is 10.5. The lowest BCUT2D eigenvalue weighted by Crippen LogP contribution is -2.31. The van der Waals surface area contributed by atoms with Crippen LogP contribution in [0.5, 0.6) is 0 Å². The van der Waals surface area contributed by atoms with Crippen LogP contribution in [0, 0.1) is 0 Å². The molecule has 0 fully saturated rings. The summed E-state index contributed by atoms with van der Waals surface area (Å²) in [6.07, 6.45) is -0.451. The van der Waals surface area contributed by atoms with E-state index < -0.39 is 6.10 Å². The Labute approximate surface area is 121 Å². The number of aliphatic hydroxyl groups is 1. The molecule has 3 nitrogen and oxygen atoms in total. The molecule has 20 heavy (non-hydrogen) atoms. The zero-order chi connectivity index (χ0) is 14.5. The van der Waals surface area contributed by atoms with Crippen molar-refractivity contribution in [1.82, 2.24) is 9.80 Å². The molecule has 2 aromatic rings. The summed E-state index contributed by atoms with van der Waals surface area (Å²) >= 11 is 0. The summed E-state index contributed by atoms with van der Waals surface area (Å²) < 4.78 is 0. The summed E-state index contributed by atoms with van der Waals surface area (Å²) in [4.78, 5) is 4.33. The lowest BCUT2D eigenvalue weighted by molar-refractivity contribution is 0.124. The van der Waals surface area contributed by atoms with Crippen LogP contribution in [0.2, 0.25) is 0 Å². The smallest absolute Gasteiger partial charge is 0.0922 e. The summed E-state index contributed by atoms with van der Waals surface area (Å²) in [5.41, 5.74) is 1.01. The predicted octanol–water partition coefficient (Wildman–Crippen LogP) is 2.37. The third-order valence-electron chi connectivity index (χ3n) is 3.60. The molecule has 0 aromatic heterocycles. The Morgan fingerprint density at radius 1 is 0.950 bits per heavy atom. The molecule has 0 bridgehead atoms. The molecule has 0 radical (unpaired) electrons. The molecule has 1 N–H and O–H groups in total. The van der Waals surface area contributed by atoms with Gasteiger partial charge in [0.05, 0.1) is 6.10 Å². The van der Waals surface area contributed by atoms with E-state index in [2.05, 4.69) is 49.1 Å². The van der Waals surface area contributed by atoms with Gasteiger partial charge in [0.1, 0.15) is 0 Å². The molecule has 0 aliphatic rings. The van der Waals surface area contributed by atoms with Crippen LogP contribution < -0.4 is 0 Å². The van der Waals surface area contributed by atoms with Crippen molar-refractivity contribution in [1.29, 1.82) is 0 Å². The molecule has 0 amide bonds. The fourth-order valence-electron chi connectivity index (χ4n) is 2.40. The first-order valence-electron chi connectivity index (χ1n) is 7.07. The van der Waals surface area contributed by atoms with Gasteiger partial charge in [-0.15, -0.1) is 0 Å². The van der Waals surface area contributed by atoms with Gasteiger partial charge in [0.15, 0.2) is 0 Å². The number of rotatable bonds is 6. The average Bonchev–Trinajstić information content (AvgIpc) is 2.44. The van der Waals surface area contributed by atoms with E-state index >= 15 is 0 Å². The molecule has 2 aromatic carbocycles. The van der Waals surface area contributed by atoms with Crippen LogP contribution in [0.15, 0.2) is 42.5 Å². The summed E-state index contributed by atoms with van der Waals surface area (Å²) in [5.74, 6) is 0. The van der Waals surface area contributed by atoms with Crippen LogP contribution in [0.4, 0.5) is 0 Å². The van der Waals surface area contributed by atoms with Crippen molar-refractivity contribution < 1.29 is 5.11 Å². The van der Waals surface area contributed by atoms with Crippen LogP contribution in [-0.2, 0) is 0 Å². The highest BCUT2D eigenvalue weighted by Gasteiger charge is 2.13. The number of likely N-dealkylation sites (N-methyl/N-ethyl adjacent to an activating group) is 2. The van der Waals surface area contributed by atoms with E-state index in [1.807, 2.05) is 24.3 Å². The van der Waals surface area contributed by atoms with Crippen molar-refractivity contribution >= 4 is 10.8 Å². The molecule has 0 heterocycles. The molecule has 0 aliphatic heterocycles. The SMILES string of the molecule is CN(C)CCN(C)CC(O)c1cccc2ccccc12. The van der Waals surface area contributed by atoms with Crippen LogP contribution in [0.1, 0.15) is 11.7 Å². The van der Waals surface area contributed by atoms with Crippen molar-refractivity contribution in [3.63, 3.8) is 0 Å². The predicted molar refractivity (Wildman–Crippen MR) is 85.0 cm³/mol. The van der Waals surface area contributed by atoms with Gasteiger partial charge in [-0.3, -0.25) is 0 Å². The third-order valence-corrected chi connectivity index (χ3v) is 3.60. The van der Waals surface area contributed by atoms with Gasteiger partial charge in [-0.05, 0) is 37.5 Å². The van der Waals surface area contributed by atoms with E-state index in [1.54, 1.807) is 0 Å². The van der Waals surface area contributed by atoms with Crippen molar-refractivity contribution in [3.05, 3.63) is 48.0 Å². The van der Waals surface area contributed by atoms with Gasteiger partial charge in [-0.1, -0.05) is 42.5 Å². The fraction of sp³-hybridized carbons (Fsp3) is 0.412. The molecule has 3 heteroatoms. The Morgan fingerprint density at radius 2 is 1.65 bits per heavy atom. The lowest BCUT2D eigenvalue weighted by atomic mass is 10.0. The highest BCUT2D eigenvalue weighted by molar-refractivity contribution is 5.85. The van der Waals surface area contributed by atoms with Gasteiger partial charge in [0.25, 0.3) is 0 Å². The van der Waals surface area contributed by atoms with Gasteiger partial charge in [0.2, 0.25) is 0 Å². The number of benzene rings is 2. The Morgan fingerprint density at radius 3 is 2.40 bits per heavy atom. The number of nitrogens with zero attached hydrogens (tertiary/aromatic N) is 2. The van der Waals surface area contributed by atoms with E-state index in [4.69, 9.17) is 0 Å². The average molecular weight is 272 g/mol. The van der Waals surface area contributed by atoms with Gasteiger partial charge < -0.3 is 14.9 Å². The van der Waals surface area contributed by atoms with E-state index in [-0.39, 0.29) is 0 Å². The summed E-state index contributed by atoms with van der Waals surface area (Å²) in [6, 6.07) is 14.3. The maximum Gasteiger partial charge on any atom is 0.0922 e. The van der Waals surface area contributed by atoms with Crippen LogP contribution >= 0.6 is 0 Å².